The van der Waals surface area contributed by atoms with E-state index in [9.17, 15) is 22.4 Å². The summed E-state index contributed by atoms with van der Waals surface area (Å²) in [6.45, 7) is 4.92. The van der Waals surface area contributed by atoms with Crippen molar-refractivity contribution in [3.8, 4) is 0 Å². The number of amides is 1. The van der Waals surface area contributed by atoms with Gasteiger partial charge in [-0.05, 0) is 23.6 Å². The van der Waals surface area contributed by atoms with Gasteiger partial charge >= 0.3 is 6.18 Å². The Morgan fingerprint density at radius 2 is 1.84 bits per heavy atom. The van der Waals surface area contributed by atoms with Crippen LogP contribution in [-0.2, 0) is 11.3 Å². The van der Waals surface area contributed by atoms with Crippen LogP contribution in [-0.4, -0.2) is 47.6 Å². The molecule has 0 aromatic heterocycles. The summed E-state index contributed by atoms with van der Waals surface area (Å²) in [5.41, 5.74) is 0.809. The maximum atomic E-state index is 13.1. The molecular formula is C18H24F4N2O. The Bertz CT molecular complexity index is 571. The van der Waals surface area contributed by atoms with Gasteiger partial charge in [0.1, 0.15) is 5.82 Å². The molecule has 1 amide bonds. The third-order valence-electron chi connectivity index (χ3n) is 4.56. The summed E-state index contributed by atoms with van der Waals surface area (Å²) < 4.78 is 50.6. The summed E-state index contributed by atoms with van der Waals surface area (Å²) in [7, 11) is 0. The fourth-order valence-corrected chi connectivity index (χ4v) is 3.09. The lowest BCUT2D eigenvalue weighted by atomic mass is 10.0. The zero-order valence-electron chi connectivity index (χ0n) is 14.5. The first-order chi connectivity index (χ1) is 11.7. The lowest BCUT2D eigenvalue weighted by molar-refractivity contribution is -0.138. The minimum absolute atomic E-state index is 0.0717. The number of hydrogen-bond acceptors (Lipinski definition) is 2. The van der Waals surface area contributed by atoms with Crippen LogP contribution in [0, 0.1) is 11.7 Å². The van der Waals surface area contributed by atoms with Crippen molar-refractivity contribution in [2.75, 3.05) is 19.6 Å². The van der Waals surface area contributed by atoms with E-state index in [1.807, 2.05) is 13.8 Å². The van der Waals surface area contributed by atoms with E-state index in [1.54, 1.807) is 21.9 Å². The molecule has 140 valence electrons. The number of alkyl halides is 3. The molecular weight excluding hydrogens is 336 g/mol. The van der Waals surface area contributed by atoms with Crippen LogP contribution >= 0.6 is 0 Å². The Morgan fingerprint density at radius 3 is 2.40 bits per heavy atom. The summed E-state index contributed by atoms with van der Waals surface area (Å²) >= 11 is 0. The van der Waals surface area contributed by atoms with Crippen LogP contribution in [0.25, 0.3) is 0 Å². The molecule has 0 aliphatic carbocycles. The van der Waals surface area contributed by atoms with Gasteiger partial charge in [-0.25, -0.2) is 4.39 Å². The average Bonchev–Trinajstić information content (AvgIpc) is 2.67. The fraction of sp³-hybridized carbons (Fsp3) is 0.611. The van der Waals surface area contributed by atoms with Crippen LogP contribution in [0.4, 0.5) is 17.6 Å². The van der Waals surface area contributed by atoms with Gasteiger partial charge in [-0.1, -0.05) is 26.0 Å². The maximum absolute atomic E-state index is 13.1. The SMILES string of the molecule is CC(C)[C@H]1CN(CCC(F)(F)F)CCC(=O)N1Cc1ccc(F)cc1. The monoisotopic (exact) mass is 360 g/mol. The minimum atomic E-state index is -4.20. The van der Waals surface area contributed by atoms with Crippen molar-refractivity contribution in [2.24, 2.45) is 5.92 Å². The molecule has 1 atom stereocenters. The van der Waals surface area contributed by atoms with Crippen molar-refractivity contribution in [3.05, 3.63) is 35.6 Å². The Morgan fingerprint density at radius 1 is 1.20 bits per heavy atom. The zero-order chi connectivity index (χ0) is 18.6. The predicted molar refractivity (Wildman–Crippen MR) is 87.3 cm³/mol. The number of rotatable bonds is 5. The molecule has 7 heteroatoms. The summed E-state index contributed by atoms with van der Waals surface area (Å²) in [6, 6.07) is 5.78. The third-order valence-corrected chi connectivity index (χ3v) is 4.56. The Hall–Kier alpha value is -1.63. The highest BCUT2D eigenvalue weighted by atomic mass is 19.4. The molecule has 1 heterocycles. The molecule has 2 rings (SSSR count). The first-order valence-electron chi connectivity index (χ1n) is 8.49. The Labute approximate surface area is 145 Å². The van der Waals surface area contributed by atoms with Gasteiger partial charge in [0.05, 0.1) is 6.42 Å². The predicted octanol–water partition coefficient (Wildman–Crippen LogP) is 3.84. The van der Waals surface area contributed by atoms with Gasteiger partial charge in [-0.15, -0.1) is 0 Å². The minimum Gasteiger partial charge on any atom is -0.334 e. The largest absolute Gasteiger partial charge is 0.390 e. The second-order valence-corrected chi connectivity index (χ2v) is 6.88. The molecule has 1 fully saturated rings. The van der Waals surface area contributed by atoms with Crippen molar-refractivity contribution in [1.82, 2.24) is 9.80 Å². The van der Waals surface area contributed by atoms with E-state index in [4.69, 9.17) is 0 Å². The van der Waals surface area contributed by atoms with E-state index in [1.165, 1.54) is 12.1 Å². The highest BCUT2D eigenvalue weighted by Gasteiger charge is 2.34. The highest BCUT2D eigenvalue weighted by Crippen LogP contribution is 2.24. The van der Waals surface area contributed by atoms with Gasteiger partial charge in [-0.3, -0.25) is 4.79 Å². The zero-order valence-corrected chi connectivity index (χ0v) is 14.5. The lowest BCUT2D eigenvalue weighted by Crippen LogP contribution is -2.46. The van der Waals surface area contributed by atoms with Crippen LogP contribution in [0.3, 0.4) is 0 Å². The fourth-order valence-electron chi connectivity index (χ4n) is 3.09. The van der Waals surface area contributed by atoms with Crippen molar-refractivity contribution < 1.29 is 22.4 Å². The van der Waals surface area contributed by atoms with Gasteiger partial charge in [0.2, 0.25) is 5.91 Å². The quantitative estimate of drug-likeness (QED) is 0.745. The molecule has 1 aliphatic rings. The number of carbonyl (C=O) groups is 1. The third kappa shape index (κ3) is 5.99. The molecule has 0 unspecified atom stereocenters. The van der Waals surface area contributed by atoms with Crippen LogP contribution in [0.2, 0.25) is 0 Å². The van der Waals surface area contributed by atoms with E-state index in [0.717, 1.165) is 5.56 Å². The van der Waals surface area contributed by atoms with Gasteiger partial charge in [0, 0.05) is 38.6 Å². The second-order valence-electron chi connectivity index (χ2n) is 6.88. The van der Waals surface area contributed by atoms with E-state index in [2.05, 4.69) is 0 Å². The first-order valence-corrected chi connectivity index (χ1v) is 8.49. The van der Waals surface area contributed by atoms with Crippen LogP contribution in [0.5, 0.6) is 0 Å². The number of halogens is 4. The Balaban J connectivity index is 2.11. The van der Waals surface area contributed by atoms with Gasteiger partial charge in [0.25, 0.3) is 0 Å². The molecule has 1 aliphatic heterocycles. The molecule has 0 bridgehead atoms. The van der Waals surface area contributed by atoms with E-state index in [-0.39, 0.29) is 36.6 Å². The van der Waals surface area contributed by atoms with Crippen molar-refractivity contribution >= 4 is 5.91 Å². The molecule has 25 heavy (non-hydrogen) atoms. The number of nitrogens with zero attached hydrogens (tertiary/aromatic N) is 2. The molecule has 0 radical (unpaired) electrons. The smallest absolute Gasteiger partial charge is 0.334 e. The van der Waals surface area contributed by atoms with E-state index < -0.39 is 12.6 Å². The van der Waals surface area contributed by atoms with Gasteiger partial charge in [-0.2, -0.15) is 13.2 Å². The second kappa shape index (κ2) is 8.17. The van der Waals surface area contributed by atoms with E-state index in [0.29, 0.717) is 19.6 Å². The first kappa shape index (κ1) is 19.7. The molecule has 0 N–H and O–H groups in total. The lowest BCUT2D eigenvalue weighted by Gasteiger charge is -2.35. The van der Waals surface area contributed by atoms with Crippen LogP contribution in [0.15, 0.2) is 24.3 Å². The van der Waals surface area contributed by atoms with Crippen LogP contribution < -0.4 is 0 Å². The van der Waals surface area contributed by atoms with Gasteiger partial charge < -0.3 is 9.80 Å². The Kier molecular flexibility index (Phi) is 6.43. The summed E-state index contributed by atoms with van der Waals surface area (Å²) in [5.74, 6) is -0.307. The standard InChI is InChI=1S/C18H24F4N2O/c1-13(2)16-12-23(10-8-18(20,21)22)9-7-17(25)24(16)11-14-3-5-15(19)6-4-14/h3-6,13,16H,7-12H2,1-2H3/t16-/m1/s1. The van der Waals surface area contributed by atoms with Gasteiger partial charge in [0.15, 0.2) is 0 Å². The average molecular weight is 360 g/mol. The highest BCUT2D eigenvalue weighted by molar-refractivity contribution is 5.77. The molecule has 0 saturated carbocycles. The molecule has 0 spiro atoms. The summed E-state index contributed by atoms with van der Waals surface area (Å²) in [5, 5.41) is 0. The molecule has 1 aromatic carbocycles. The molecule has 3 nitrogen and oxygen atoms in total. The molecule has 1 aromatic rings. The summed E-state index contributed by atoms with van der Waals surface area (Å²) in [4.78, 5) is 16.0. The number of hydrogen-bond donors (Lipinski definition) is 0. The summed E-state index contributed by atoms with van der Waals surface area (Å²) in [6.07, 6.45) is -4.87. The normalized spacial score (nSPS) is 20.2. The van der Waals surface area contributed by atoms with Crippen molar-refractivity contribution in [2.45, 2.75) is 45.5 Å². The van der Waals surface area contributed by atoms with Crippen molar-refractivity contribution in [1.29, 1.82) is 0 Å². The number of benzene rings is 1. The van der Waals surface area contributed by atoms with Crippen molar-refractivity contribution in [3.63, 3.8) is 0 Å². The topological polar surface area (TPSA) is 23.6 Å². The maximum Gasteiger partial charge on any atom is 0.390 e. The van der Waals surface area contributed by atoms with Crippen LogP contribution in [0.1, 0.15) is 32.3 Å². The molecule has 1 saturated heterocycles. The van der Waals surface area contributed by atoms with E-state index >= 15 is 0 Å². The number of carbonyl (C=O) groups excluding carboxylic acids is 1.